The normalized spacial score (nSPS) is 9.95. The monoisotopic (exact) mass is 282 g/mol. The van der Waals surface area contributed by atoms with Crippen molar-refractivity contribution in [2.24, 2.45) is 0 Å². The molecule has 0 aliphatic carbocycles. The van der Waals surface area contributed by atoms with Crippen LogP contribution in [0.2, 0.25) is 0 Å². The number of nitro groups is 1. The Morgan fingerprint density at radius 3 is 2.67 bits per heavy atom. The van der Waals surface area contributed by atoms with Gasteiger partial charge in [0.15, 0.2) is 0 Å². The summed E-state index contributed by atoms with van der Waals surface area (Å²) in [5.74, 6) is 0.481. The molecular weight excluding hydrogens is 268 g/mol. The molecule has 0 amide bonds. The minimum atomic E-state index is -0.419. The van der Waals surface area contributed by atoms with Gasteiger partial charge < -0.3 is 4.74 Å². The number of rotatable bonds is 4. The van der Waals surface area contributed by atoms with Gasteiger partial charge in [0.1, 0.15) is 12.4 Å². The molecule has 2 aromatic rings. The predicted molar refractivity (Wildman–Crippen MR) is 78.1 cm³/mol. The molecule has 5 heteroatoms. The zero-order valence-corrected chi connectivity index (χ0v) is 11.8. The average molecular weight is 282 g/mol. The van der Waals surface area contributed by atoms with E-state index in [-0.39, 0.29) is 12.3 Å². The van der Waals surface area contributed by atoms with Gasteiger partial charge in [-0.2, -0.15) is 5.26 Å². The third-order valence-corrected chi connectivity index (χ3v) is 3.14. The first kappa shape index (κ1) is 14.5. The molecule has 0 unspecified atom stereocenters. The van der Waals surface area contributed by atoms with Crippen molar-refractivity contribution < 1.29 is 9.66 Å². The minimum Gasteiger partial charge on any atom is -0.488 e. The van der Waals surface area contributed by atoms with E-state index in [4.69, 9.17) is 10.00 Å². The Labute approximate surface area is 122 Å². The van der Waals surface area contributed by atoms with E-state index in [1.807, 2.05) is 13.0 Å². The van der Waals surface area contributed by atoms with Crippen molar-refractivity contribution in [3.05, 3.63) is 68.8 Å². The molecule has 0 fully saturated rings. The maximum absolute atomic E-state index is 11.0. The van der Waals surface area contributed by atoms with E-state index in [0.717, 1.165) is 11.1 Å². The summed E-state index contributed by atoms with van der Waals surface area (Å²) in [7, 11) is 0. The average Bonchev–Trinajstić information content (AvgIpc) is 2.46. The third-order valence-electron chi connectivity index (χ3n) is 3.14. The molecule has 21 heavy (non-hydrogen) atoms. The summed E-state index contributed by atoms with van der Waals surface area (Å²) in [5.41, 5.74) is 2.90. The lowest BCUT2D eigenvalue weighted by Crippen LogP contribution is -2.00. The van der Waals surface area contributed by atoms with Gasteiger partial charge in [-0.1, -0.05) is 12.1 Å². The number of hydrogen-bond acceptors (Lipinski definition) is 4. The fraction of sp³-hybridized carbons (Fsp3) is 0.188. The van der Waals surface area contributed by atoms with Crippen molar-refractivity contribution in [3.8, 4) is 11.8 Å². The minimum absolute atomic E-state index is 0.0429. The van der Waals surface area contributed by atoms with Crippen molar-refractivity contribution in [1.29, 1.82) is 5.26 Å². The lowest BCUT2D eigenvalue weighted by Gasteiger charge is -2.10. The van der Waals surface area contributed by atoms with Crippen LogP contribution in [0.25, 0.3) is 0 Å². The second-order valence-corrected chi connectivity index (χ2v) is 4.76. The van der Waals surface area contributed by atoms with Crippen molar-refractivity contribution in [3.63, 3.8) is 0 Å². The van der Waals surface area contributed by atoms with E-state index in [9.17, 15) is 10.1 Å². The number of nitro benzene ring substituents is 1. The van der Waals surface area contributed by atoms with Gasteiger partial charge in [-0.3, -0.25) is 10.1 Å². The summed E-state index contributed by atoms with van der Waals surface area (Å²) in [6.45, 7) is 3.81. The Bertz CT molecular complexity index is 733. The van der Waals surface area contributed by atoms with Crippen LogP contribution in [0.3, 0.4) is 0 Å². The molecule has 0 aliphatic rings. The van der Waals surface area contributed by atoms with Gasteiger partial charge in [-0.15, -0.1) is 0 Å². The first-order valence-corrected chi connectivity index (χ1v) is 6.38. The van der Waals surface area contributed by atoms with Crippen LogP contribution >= 0.6 is 0 Å². The highest BCUT2D eigenvalue weighted by Crippen LogP contribution is 2.28. The SMILES string of the molecule is Cc1cc(C)c([N+](=O)[O-])cc1OCc1cccc(C#N)c1. The number of aryl methyl sites for hydroxylation is 2. The predicted octanol–water partition coefficient (Wildman–Crippen LogP) is 3.66. The Morgan fingerprint density at radius 1 is 1.24 bits per heavy atom. The molecule has 0 bridgehead atoms. The quantitative estimate of drug-likeness (QED) is 0.633. The van der Waals surface area contributed by atoms with Crippen molar-refractivity contribution >= 4 is 5.69 Å². The van der Waals surface area contributed by atoms with Gasteiger partial charge in [-0.05, 0) is 43.2 Å². The highest BCUT2D eigenvalue weighted by molar-refractivity contribution is 5.49. The van der Waals surface area contributed by atoms with Gasteiger partial charge in [0.05, 0.1) is 22.6 Å². The largest absolute Gasteiger partial charge is 0.488 e. The van der Waals surface area contributed by atoms with Crippen molar-refractivity contribution in [1.82, 2.24) is 0 Å². The van der Waals surface area contributed by atoms with Crippen LogP contribution in [0.15, 0.2) is 36.4 Å². The van der Waals surface area contributed by atoms with Gasteiger partial charge in [0, 0.05) is 5.56 Å². The standard InChI is InChI=1S/C16H14N2O3/c1-11-6-12(2)16(8-15(11)18(19)20)21-10-14-5-3-4-13(7-14)9-17/h3-8H,10H2,1-2H3. The van der Waals surface area contributed by atoms with Crippen molar-refractivity contribution in [2.75, 3.05) is 0 Å². The number of benzene rings is 2. The molecule has 0 spiro atoms. The first-order valence-electron chi connectivity index (χ1n) is 6.38. The maximum Gasteiger partial charge on any atom is 0.276 e. The highest BCUT2D eigenvalue weighted by Gasteiger charge is 2.14. The summed E-state index contributed by atoms with van der Waals surface area (Å²) in [4.78, 5) is 10.5. The zero-order valence-electron chi connectivity index (χ0n) is 11.8. The smallest absolute Gasteiger partial charge is 0.276 e. The molecule has 2 rings (SSSR count). The Hall–Kier alpha value is -2.87. The van der Waals surface area contributed by atoms with Crippen LogP contribution in [0, 0.1) is 35.3 Å². The van der Waals surface area contributed by atoms with Crippen LogP contribution < -0.4 is 4.74 Å². The van der Waals surface area contributed by atoms with Gasteiger partial charge in [0.25, 0.3) is 5.69 Å². The number of nitriles is 1. The van der Waals surface area contributed by atoms with E-state index in [0.29, 0.717) is 16.9 Å². The molecule has 0 saturated carbocycles. The highest BCUT2D eigenvalue weighted by atomic mass is 16.6. The zero-order chi connectivity index (χ0) is 15.4. The molecule has 0 aliphatic heterocycles. The Morgan fingerprint density at radius 2 is 2.00 bits per heavy atom. The summed E-state index contributed by atoms with van der Waals surface area (Å²) < 4.78 is 5.65. The van der Waals surface area contributed by atoms with Gasteiger partial charge >= 0.3 is 0 Å². The van der Waals surface area contributed by atoms with Gasteiger partial charge in [0.2, 0.25) is 0 Å². The van der Waals surface area contributed by atoms with E-state index < -0.39 is 4.92 Å². The molecule has 0 radical (unpaired) electrons. The molecular formula is C16H14N2O3. The summed E-state index contributed by atoms with van der Waals surface area (Å²) in [6, 6.07) is 12.3. The van der Waals surface area contributed by atoms with Crippen LogP contribution in [0.5, 0.6) is 5.75 Å². The molecule has 0 atom stereocenters. The topological polar surface area (TPSA) is 76.2 Å². The second-order valence-electron chi connectivity index (χ2n) is 4.76. The molecule has 0 saturated heterocycles. The first-order chi connectivity index (χ1) is 10.0. The van der Waals surface area contributed by atoms with Crippen molar-refractivity contribution in [2.45, 2.75) is 20.5 Å². The third kappa shape index (κ3) is 3.37. The fourth-order valence-corrected chi connectivity index (χ4v) is 2.07. The lowest BCUT2D eigenvalue weighted by atomic mass is 10.1. The van der Waals surface area contributed by atoms with Crippen LogP contribution in [-0.2, 0) is 6.61 Å². The molecule has 0 aromatic heterocycles. The second kappa shape index (κ2) is 6.06. The molecule has 0 N–H and O–H groups in total. The summed E-state index contributed by atoms with van der Waals surface area (Å²) >= 11 is 0. The number of ether oxygens (including phenoxy) is 1. The number of nitrogens with zero attached hydrogens (tertiary/aromatic N) is 2. The molecule has 2 aromatic carbocycles. The van der Waals surface area contributed by atoms with Crippen LogP contribution in [0.1, 0.15) is 22.3 Å². The van der Waals surface area contributed by atoms with E-state index >= 15 is 0 Å². The Balaban J connectivity index is 2.22. The molecule has 5 nitrogen and oxygen atoms in total. The van der Waals surface area contributed by atoms with Gasteiger partial charge in [-0.25, -0.2) is 0 Å². The maximum atomic E-state index is 11.0. The van der Waals surface area contributed by atoms with Crippen LogP contribution in [-0.4, -0.2) is 4.92 Å². The van der Waals surface area contributed by atoms with E-state index in [1.54, 1.807) is 31.2 Å². The lowest BCUT2D eigenvalue weighted by molar-refractivity contribution is -0.385. The summed E-state index contributed by atoms with van der Waals surface area (Å²) in [5, 5.41) is 19.8. The number of hydrogen-bond donors (Lipinski definition) is 0. The molecule has 0 heterocycles. The fourth-order valence-electron chi connectivity index (χ4n) is 2.07. The summed E-state index contributed by atoms with van der Waals surface area (Å²) in [6.07, 6.45) is 0. The molecule has 106 valence electrons. The van der Waals surface area contributed by atoms with E-state index in [2.05, 4.69) is 6.07 Å². The van der Waals surface area contributed by atoms with E-state index in [1.165, 1.54) is 6.07 Å². The van der Waals surface area contributed by atoms with Crippen LogP contribution in [0.4, 0.5) is 5.69 Å². The Kier molecular flexibility index (Phi) is 4.19.